The van der Waals surface area contributed by atoms with Crippen LogP contribution in [0.5, 0.6) is 0 Å². The van der Waals surface area contributed by atoms with Crippen LogP contribution in [0.25, 0.3) is 0 Å². The maximum absolute atomic E-state index is 12.2. The summed E-state index contributed by atoms with van der Waals surface area (Å²) in [5, 5.41) is 11.2. The first kappa shape index (κ1) is 16.4. The van der Waals surface area contributed by atoms with Crippen LogP contribution < -0.4 is 0 Å². The number of esters is 1. The lowest BCUT2D eigenvalue weighted by Crippen LogP contribution is -2.51. The van der Waals surface area contributed by atoms with Crippen molar-refractivity contribution < 1.29 is 19.2 Å². The maximum Gasteiger partial charge on any atom is 0.307 e. The van der Waals surface area contributed by atoms with Gasteiger partial charge in [-0.05, 0) is 45.4 Å². The molecule has 0 amide bonds. The lowest BCUT2D eigenvalue weighted by Gasteiger charge is -2.49. The van der Waals surface area contributed by atoms with E-state index in [2.05, 4.69) is 6.08 Å². The van der Waals surface area contributed by atoms with Crippen molar-refractivity contribution in [1.82, 2.24) is 0 Å². The minimum atomic E-state index is -0.567. The SMILES string of the molecule is CC(C)(C)OC(=O)C[C@@]1(C[N+](=O)[O-])C[C@H]2CC(C3COC3)=C[C@H]21. The molecule has 0 spiro atoms. The summed E-state index contributed by atoms with van der Waals surface area (Å²) < 4.78 is 10.7. The van der Waals surface area contributed by atoms with Gasteiger partial charge < -0.3 is 9.47 Å². The van der Waals surface area contributed by atoms with Gasteiger partial charge in [-0.3, -0.25) is 14.9 Å². The van der Waals surface area contributed by atoms with Crippen LogP contribution in [0.4, 0.5) is 0 Å². The van der Waals surface area contributed by atoms with Gasteiger partial charge in [-0.25, -0.2) is 0 Å². The van der Waals surface area contributed by atoms with E-state index >= 15 is 0 Å². The van der Waals surface area contributed by atoms with Crippen molar-refractivity contribution >= 4 is 5.97 Å². The molecule has 1 saturated carbocycles. The molecule has 3 atom stereocenters. The number of allylic oxidation sites excluding steroid dienone is 1. The second-order valence-corrected chi connectivity index (χ2v) is 8.29. The summed E-state index contributed by atoms with van der Waals surface area (Å²) >= 11 is 0. The van der Waals surface area contributed by atoms with Crippen LogP contribution >= 0.6 is 0 Å². The number of nitrogens with zero attached hydrogens (tertiary/aromatic N) is 1. The molecule has 0 N–H and O–H groups in total. The second-order valence-electron chi connectivity index (χ2n) is 8.29. The second kappa shape index (κ2) is 5.58. The Morgan fingerprint density at radius 2 is 2.17 bits per heavy atom. The van der Waals surface area contributed by atoms with Gasteiger partial charge in [0.1, 0.15) is 5.60 Å². The van der Waals surface area contributed by atoms with Crippen LogP contribution in [0.2, 0.25) is 0 Å². The van der Waals surface area contributed by atoms with Gasteiger partial charge in [0.05, 0.1) is 25.0 Å². The lowest BCUT2D eigenvalue weighted by molar-refractivity contribution is -0.506. The molecule has 23 heavy (non-hydrogen) atoms. The lowest BCUT2D eigenvalue weighted by atomic mass is 9.53. The minimum absolute atomic E-state index is 0.135. The summed E-state index contributed by atoms with van der Waals surface area (Å²) in [5.74, 6) is 0.742. The zero-order valence-electron chi connectivity index (χ0n) is 14.0. The van der Waals surface area contributed by atoms with Crippen molar-refractivity contribution in [3.8, 4) is 0 Å². The van der Waals surface area contributed by atoms with Crippen molar-refractivity contribution in [2.45, 2.75) is 45.6 Å². The zero-order chi connectivity index (χ0) is 16.8. The fraction of sp³-hybridized carbons (Fsp3) is 0.824. The molecule has 128 valence electrons. The van der Waals surface area contributed by atoms with E-state index in [1.165, 1.54) is 5.57 Å². The van der Waals surface area contributed by atoms with E-state index < -0.39 is 11.0 Å². The molecule has 0 radical (unpaired) electrons. The van der Waals surface area contributed by atoms with Crippen LogP contribution in [-0.2, 0) is 14.3 Å². The van der Waals surface area contributed by atoms with Gasteiger partial charge in [0.25, 0.3) is 0 Å². The van der Waals surface area contributed by atoms with Gasteiger partial charge in [0.15, 0.2) is 0 Å². The monoisotopic (exact) mass is 323 g/mol. The summed E-state index contributed by atoms with van der Waals surface area (Å²) in [6.07, 6.45) is 4.09. The van der Waals surface area contributed by atoms with Crippen LogP contribution in [0.3, 0.4) is 0 Å². The predicted molar refractivity (Wildman–Crippen MR) is 83.4 cm³/mol. The fourth-order valence-corrected chi connectivity index (χ4v) is 4.33. The number of fused-ring (bicyclic) bond motifs is 1. The highest BCUT2D eigenvalue weighted by atomic mass is 16.6. The van der Waals surface area contributed by atoms with E-state index in [4.69, 9.17) is 9.47 Å². The number of rotatable bonds is 5. The normalized spacial score (nSPS) is 33.3. The summed E-state index contributed by atoms with van der Waals surface area (Å²) in [4.78, 5) is 23.1. The van der Waals surface area contributed by atoms with Gasteiger partial charge in [0.2, 0.25) is 6.54 Å². The molecule has 1 saturated heterocycles. The highest BCUT2D eigenvalue weighted by molar-refractivity contribution is 5.71. The van der Waals surface area contributed by atoms with Gasteiger partial charge in [-0.1, -0.05) is 11.6 Å². The molecule has 6 heteroatoms. The van der Waals surface area contributed by atoms with Crippen LogP contribution in [0.1, 0.15) is 40.0 Å². The quantitative estimate of drug-likeness (QED) is 0.336. The number of hydrogen-bond acceptors (Lipinski definition) is 5. The molecule has 2 aliphatic carbocycles. The van der Waals surface area contributed by atoms with E-state index in [9.17, 15) is 14.9 Å². The molecule has 3 aliphatic rings. The molecule has 0 bridgehead atoms. The molecule has 3 rings (SSSR count). The predicted octanol–water partition coefficient (Wildman–Crippen LogP) is 2.59. The number of ether oxygens (including phenoxy) is 2. The Morgan fingerprint density at radius 3 is 2.70 bits per heavy atom. The van der Waals surface area contributed by atoms with Gasteiger partial charge >= 0.3 is 5.97 Å². The smallest absolute Gasteiger partial charge is 0.307 e. The van der Waals surface area contributed by atoms with E-state index in [1.807, 2.05) is 20.8 Å². The standard InChI is InChI=1S/C17H25NO5/c1-16(2,3)23-15(19)7-17(10-18(20)21)6-12-4-11(5-14(12)17)13-8-22-9-13/h5,12-14H,4,6-10H2,1-3H3/t12-,14-,17-/m1/s1. The summed E-state index contributed by atoms with van der Waals surface area (Å²) in [6.45, 7) is 6.83. The summed E-state index contributed by atoms with van der Waals surface area (Å²) in [7, 11) is 0. The number of nitro groups is 1. The molecule has 1 heterocycles. The summed E-state index contributed by atoms with van der Waals surface area (Å²) in [5.41, 5.74) is 0.249. The van der Waals surface area contributed by atoms with Gasteiger partial charge in [-0.2, -0.15) is 0 Å². The van der Waals surface area contributed by atoms with Crippen molar-refractivity contribution in [1.29, 1.82) is 0 Å². The molecular formula is C17H25NO5. The third-order valence-electron chi connectivity index (χ3n) is 5.30. The molecule has 6 nitrogen and oxygen atoms in total. The van der Waals surface area contributed by atoms with Crippen molar-refractivity contribution in [2.24, 2.45) is 23.2 Å². The first-order valence-corrected chi connectivity index (χ1v) is 8.30. The molecule has 0 unspecified atom stereocenters. The molecule has 0 aromatic heterocycles. The Hall–Kier alpha value is -1.43. The Labute approximate surface area is 136 Å². The topological polar surface area (TPSA) is 78.7 Å². The molecule has 1 aliphatic heterocycles. The number of hydrogen-bond donors (Lipinski definition) is 0. The highest BCUT2D eigenvalue weighted by Gasteiger charge is 2.59. The third kappa shape index (κ3) is 3.27. The van der Waals surface area contributed by atoms with Gasteiger partial charge in [0, 0.05) is 10.8 Å². The minimum Gasteiger partial charge on any atom is -0.460 e. The highest BCUT2D eigenvalue weighted by Crippen LogP contribution is 2.61. The fourth-order valence-electron chi connectivity index (χ4n) is 4.33. The van der Waals surface area contributed by atoms with E-state index in [1.54, 1.807) is 0 Å². The van der Waals surface area contributed by atoms with E-state index in [0.29, 0.717) is 11.8 Å². The molecule has 0 aromatic rings. The average molecular weight is 323 g/mol. The third-order valence-corrected chi connectivity index (χ3v) is 5.30. The average Bonchev–Trinajstić information content (AvgIpc) is 2.61. The van der Waals surface area contributed by atoms with Crippen molar-refractivity contribution in [3.05, 3.63) is 21.8 Å². The van der Waals surface area contributed by atoms with Crippen molar-refractivity contribution in [3.63, 3.8) is 0 Å². The zero-order valence-corrected chi connectivity index (χ0v) is 14.0. The number of carbonyl (C=O) groups is 1. The van der Waals surface area contributed by atoms with Crippen LogP contribution in [0, 0.1) is 33.3 Å². The number of carbonyl (C=O) groups excluding carboxylic acids is 1. The Bertz CT molecular complexity index is 546. The first-order valence-electron chi connectivity index (χ1n) is 8.30. The van der Waals surface area contributed by atoms with Crippen LogP contribution in [0.15, 0.2) is 11.6 Å². The largest absolute Gasteiger partial charge is 0.460 e. The van der Waals surface area contributed by atoms with Crippen molar-refractivity contribution in [2.75, 3.05) is 19.8 Å². The molecule has 0 aromatic carbocycles. The molecular weight excluding hydrogens is 298 g/mol. The maximum atomic E-state index is 12.2. The van der Waals surface area contributed by atoms with E-state index in [0.717, 1.165) is 26.1 Å². The van der Waals surface area contributed by atoms with E-state index in [-0.39, 0.29) is 29.8 Å². The Balaban J connectivity index is 1.72. The summed E-state index contributed by atoms with van der Waals surface area (Å²) in [6, 6.07) is 0. The van der Waals surface area contributed by atoms with Gasteiger partial charge in [-0.15, -0.1) is 0 Å². The Morgan fingerprint density at radius 1 is 1.48 bits per heavy atom. The molecule has 2 fully saturated rings. The Kier molecular flexibility index (Phi) is 3.99. The first-order chi connectivity index (χ1) is 10.7. The van der Waals surface area contributed by atoms with Crippen LogP contribution in [-0.4, -0.2) is 36.3 Å².